The molecule has 2 aromatic carbocycles. The van der Waals surface area contributed by atoms with E-state index in [0.29, 0.717) is 43.3 Å². The second kappa shape index (κ2) is 8.96. The summed E-state index contributed by atoms with van der Waals surface area (Å²) in [5.41, 5.74) is 1.28. The second-order valence-corrected chi connectivity index (χ2v) is 7.02. The fourth-order valence-electron chi connectivity index (χ4n) is 3.46. The maximum absolute atomic E-state index is 12.4. The van der Waals surface area contributed by atoms with E-state index < -0.39 is 6.10 Å². The van der Waals surface area contributed by atoms with Gasteiger partial charge in [0.1, 0.15) is 17.6 Å². The molecule has 0 bridgehead atoms. The van der Waals surface area contributed by atoms with E-state index in [-0.39, 0.29) is 18.4 Å². The second-order valence-electron chi connectivity index (χ2n) is 7.02. The number of nitrogens with one attached hydrogen (secondary N) is 1. The van der Waals surface area contributed by atoms with Gasteiger partial charge in [-0.2, -0.15) is 0 Å². The van der Waals surface area contributed by atoms with E-state index in [1.54, 1.807) is 23.1 Å². The van der Waals surface area contributed by atoms with Gasteiger partial charge in [-0.1, -0.05) is 18.2 Å². The molecule has 1 fully saturated rings. The van der Waals surface area contributed by atoms with Gasteiger partial charge < -0.3 is 24.4 Å². The molecule has 1 unspecified atom stereocenters. The molecule has 0 aromatic heterocycles. The predicted octanol–water partition coefficient (Wildman–Crippen LogP) is 3.00. The highest BCUT2D eigenvalue weighted by Crippen LogP contribution is 2.35. The maximum Gasteiger partial charge on any atom is 0.265 e. The summed E-state index contributed by atoms with van der Waals surface area (Å²) in [6.07, 6.45) is 1.89. The Morgan fingerprint density at radius 2 is 2.07 bits per heavy atom. The molecule has 2 heterocycles. The first-order valence-corrected chi connectivity index (χ1v) is 9.88. The summed E-state index contributed by atoms with van der Waals surface area (Å²) in [5, 5.41) is 2.88. The molecule has 4 rings (SSSR count). The zero-order valence-corrected chi connectivity index (χ0v) is 16.1. The van der Waals surface area contributed by atoms with Crippen LogP contribution in [0.3, 0.4) is 0 Å². The van der Waals surface area contributed by atoms with E-state index in [1.165, 1.54) is 0 Å². The lowest BCUT2D eigenvalue weighted by Crippen LogP contribution is -2.40. The van der Waals surface area contributed by atoms with Crippen molar-refractivity contribution in [2.24, 2.45) is 0 Å². The van der Waals surface area contributed by atoms with E-state index in [1.807, 2.05) is 30.3 Å². The Hall–Kier alpha value is -3.06. The van der Waals surface area contributed by atoms with Crippen molar-refractivity contribution in [3.05, 3.63) is 48.5 Å². The molecule has 1 N–H and O–H groups in total. The third kappa shape index (κ3) is 4.68. The Morgan fingerprint density at radius 1 is 1.21 bits per heavy atom. The number of anilines is 2. The largest absolute Gasteiger partial charge is 0.494 e. The Balaban J connectivity index is 1.39. The van der Waals surface area contributed by atoms with Crippen LogP contribution in [-0.4, -0.2) is 44.3 Å². The van der Waals surface area contributed by atoms with Crippen LogP contribution >= 0.6 is 0 Å². The van der Waals surface area contributed by atoms with Gasteiger partial charge in [0.25, 0.3) is 11.8 Å². The van der Waals surface area contributed by atoms with Crippen molar-refractivity contribution < 1.29 is 23.8 Å². The van der Waals surface area contributed by atoms with E-state index in [9.17, 15) is 9.59 Å². The van der Waals surface area contributed by atoms with Crippen LogP contribution in [0.2, 0.25) is 0 Å². The summed E-state index contributed by atoms with van der Waals surface area (Å²) in [4.78, 5) is 26.4. The van der Waals surface area contributed by atoms with Gasteiger partial charge in [0, 0.05) is 18.8 Å². The number of hydrogen-bond donors (Lipinski definition) is 1. The zero-order valence-electron chi connectivity index (χ0n) is 16.1. The summed E-state index contributed by atoms with van der Waals surface area (Å²) < 4.78 is 16.7. The van der Waals surface area contributed by atoms with Crippen molar-refractivity contribution in [3.63, 3.8) is 0 Å². The lowest BCUT2D eigenvalue weighted by atomic mass is 10.2. The van der Waals surface area contributed by atoms with E-state index in [2.05, 4.69) is 5.32 Å². The molecule has 0 aliphatic carbocycles. The first-order chi connectivity index (χ1) is 14.2. The monoisotopic (exact) mass is 396 g/mol. The number of para-hydroxylation sites is 1. The smallest absolute Gasteiger partial charge is 0.265 e. The van der Waals surface area contributed by atoms with Gasteiger partial charge in [-0.3, -0.25) is 9.59 Å². The average Bonchev–Trinajstić information content (AvgIpc) is 3.28. The summed E-state index contributed by atoms with van der Waals surface area (Å²) in [5.74, 6) is 1.16. The molecule has 29 heavy (non-hydrogen) atoms. The number of carbonyl (C=O) groups excluding carboxylic acids is 2. The van der Waals surface area contributed by atoms with E-state index >= 15 is 0 Å². The Bertz CT molecular complexity index is 865. The van der Waals surface area contributed by atoms with E-state index in [0.717, 1.165) is 18.6 Å². The van der Waals surface area contributed by atoms with Crippen LogP contribution < -0.4 is 19.7 Å². The zero-order chi connectivity index (χ0) is 20.1. The van der Waals surface area contributed by atoms with Crippen LogP contribution in [0.5, 0.6) is 11.5 Å². The van der Waals surface area contributed by atoms with Crippen LogP contribution in [0.25, 0.3) is 0 Å². The standard InChI is InChI=1S/C22H24N2O5/c25-21-15-29-19-10-9-16(23-22(26)20-8-4-12-28-20)14-18(19)24(21)11-5-13-27-17-6-2-1-3-7-17/h1-3,6-7,9-10,14,20H,4-5,8,11-13,15H2,(H,23,26). The number of hydrogen-bond acceptors (Lipinski definition) is 5. The number of ether oxygens (including phenoxy) is 3. The van der Waals surface area contributed by atoms with Crippen molar-refractivity contribution in [3.8, 4) is 11.5 Å². The number of fused-ring (bicyclic) bond motifs is 1. The predicted molar refractivity (Wildman–Crippen MR) is 108 cm³/mol. The van der Waals surface area contributed by atoms with Gasteiger partial charge in [0.15, 0.2) is 6.61 Å². The van der Waals surface area contributed by atoms with Gasteiger partial charge in [0.05, 0.1) is 12.3 Å². The number of nitrogens with zero attached hydrogens (tertiary/aromatic N) is 1. The number of amides is 2. The lowest BCUT2D eigenvalue weighted by Gasteiger charge is -2.30. The fraction of sp³-hybridized carbons (Fsp3) is 0.364. The van der Waals surface area contributed by atoms with Crippen LogP contribution in [-0.2, 0) is 14.3 Å². The van der Waals surface area contributed by atoms with Gasteiger partial charge in [-0.05, 0) is 49.6 Å². The maximum atomic E-state index is 12.4. The van der Waals surface area contributed by atoms with Gasteiger partial charge in [-0.15, -0.1) is 0 Å². The molecule has 0 saturated carbocycles. The van der Waals surface area contributed by atoms with Crippen LogP contribution in [0.15, 0.2) is 48.5 Å². The van der Waals surface area contributed by atoms with Gasteiger partial charge >= 0.3 is 0 Å². The van der Waals surface area contributed by atoms with Crippen molar-refractivity contribution in [2.75, 3.05) is 36.6 Å². The third-order valence-electron chi connectivity index (χ3n) is 4.93. The van der Waals surface area contributed by atoms with Gasteiger partial charge in [0.2, 0.25) is 0 Å². The lowest BCUT2D eigenvalue weighted by molar-refractivity contribution is -0.124. The molecule has 2 amide bonds. The first kappa shape index (κ1) is 19.3. The van der Waals surface area contributed by atoms with Crippen LogP contribution in [0.1, 0.15) is 19.3 Å². The van der Waals surface area contributed by atoms with E-state index in [4.69, 9.17) is 14.2 Å². The fourth-order valence-corrected chi connectivity index (χ4v) is 3.46. The van der Waals surface area contributed by atoms with Crippen molar-refractivity contribution in [1.29, 1.82) is 0 Å². The molecule has 1 atom stereocenters. The minimum atomic E-state index is -0.407. The molecule has 2 aliphatic rings. The summed E-state index contributed by atoms with van der Waals surface area (Å²) in [6, 6.07) is 14.9. The van der Waals surface area contributed by atoms with Gasteiger partial charge in [-0.25, -0.2) is 0 Å². The highest BCUT2D eigenvalue weighted by molar-refractivity contribution is 6.00. The molecule has 2 aliphatic heterocycles. The topological polar surface area (TPSA) is 77.1 Å². The quantitative estimate of drug-likeness (QED) is 0.728. The molecule has 7 nitrogen and oxygen atoms in total. The average molecular weight is 396 g/mol. The highest BCUT2D eigenvalue weighted by Gasteiger charge is 2.27. The summed E-state index contributed by atoms with van der Waals surface area (Å²) in [7, 11) is 0. The van der Waals surface area contributed by atoms with Crippen molar-refractivity contribution >= 4 is 23.2 Å². The minimum absolute atomic E-state index is 0.00810. The number of carbonyl (C=O) groups is 2. The number of benzene rings is 2. The molecule has 1 saturated heterocycles. The van der Waals surface area contributed by atoms with Crippen LogP contribution in [0.4, 0.5) is 11.4 Å². The Morgan fingerprint density at radius 3 is 2.86 bits per heavy atom. The molecule has 152 valence electrons. The molecule has 2 aromatic rings. The van der Waals surface area contributed by atoms with Crippen molar-refractivity contribution in [1.82, 2.24) is 0 Å². The SMILES string of the molecule is O=C(Nc1ccc2c(c1)N(CCCOc1ccccc1)C(=O)CO2)C1CCCO1. The molecular weight excluding hydrogens is 372 g/mol. The third-order valence-corrected chi connectivity index (χ3v) is 4.93. The number of rotatable bonds is 7. The molecule has 0 spiro atoms. The Labute approximate surface area is 169 Å². The first-order valence-electron chi connectivity index (χ1n) is 9.88. The minimum Gasteiger partial charge on any atom is -0.494 e. The normalized spacial score (nSPS) is 18.1. The molecule has 0 radical (unpaired) electrons. The molecular formula is C22H24N2O5. The molecule has 7 heteroatoms. The Kier molecular flexibility index (Phi) is 5.95. The summed E-state index contributed by atoms with van der Waals surface area (Å²) >= 11 is 0. The highest BCUT2D eigenvalue weighted by atomic mass is 16.5. The van der Waals surface area contributed by atoms with Crippen LogP contribution in [0, 0.1) is 0 Å². The summed E-state index contributed by atoms with van der Waals surface area (Å²) in [6.45, 7) is 1.63. The van der Waals surface area contributed by atoms with Crippen molar-refractivity contribution in [2.45, 2.75) is 25.4 Å².